The number of piperazine rings is 1. The second kappa shape index (κ2) is 7.09. The summed E-state index contributed by atoms with van der Waals surface area (Å²) in [5.74, 6) is 0. The van der Waals surface area contributed by atoms with E-state index in [4.69, 9.17) is 5.26 Å². The van der Waals surface area contributed by atoms with Crippen molar-refractivity contribution in [2.24, 2.45) is 0 Å². The van der Waals surface area contributed by atoms with Crippen molar-refractivity contribution in [1.82, 2.24) is 9.88 Å². The Labute approximate surface area is 140 Å². The number of β-amino-alcohol motifs (C(OH)–C–C–N with tert-alkyl or cyclic N) is 1. The van der Waals surface area contributed by atoms with Crippen LogP contribution >= 0.6 is 11.3 Å². The number of aryl methyl sites for hydroxylation is 1. The van der Waals surface area contributed by atoms with E-state index in [0.29, 0.717) is 12.1 Å². The van der Waals surface area contributed by atoms with Gasteiger partial charge in [0.1, 0.15) is 0 Å². The molecule has 0 amide bonds. The summed E-state index contributed by atoms with van der Waals surface area (Å²) >= 11 is 1.69. The summed E-state index contributed by atoms with van der Waals surface area (Å²) in [6.07, 6.45) is -0.517. The van der Waals surface area contributed by atoms with E-state index in [0.717, 1.165) is 42.6 Å². The van der Waals surface area contributed by atoms with Crippen LogP contribution in [0.2, 0.25) is 0 Å². The Morgan fingerprint density at radius 3 is 2.52 bits per heavy atom. The molecule has 1 atom stereocenters. The third-order valence-corrected chi connectivity index (χ3v) is 5.12. The van der Waals surface area contributed by atoms with E-state index < -0.39 is 6.10 Å². The van der Waals surface area contributed by atoms with Crippen LogP contribution in [-0.2, 0) is 0 Å². The van der Waals surface area contributed by atoms with E-state index in [9.17, 15) is 5.11 Å². The van der Waals surface area contributed by atoms with Crippen LogP contribution in [-0.4, -0.2) is 47.7 Å². The number of aliphatic hydroxyl groups is 1. The average molecular weight is 328 g/mol. The Morgan fingerprint density at radius 1 is 1.26 bits per heavy atom. The van der Waals surface area contributed by atoms with Crippen LogP contribution in [0.25, 0.3) is 0 Å². The number of rotatable bonds is 4. The molecule has 1 fully saturated rings. The van der Waals surface area contributed by atoms with Crippen molar-refractivity contribution in [1.29, 1.82) is 5.26 Å². The molecule has 0 bridgehead atoms. The van der Waals surface area contributed by atoms with Crippen LogP contribution in [0.5, 0.6) is 0 Å². The molecule has 1 aromatic heterocycles. The molecular formula is C17H20N4OS. The van der Waals surface area contributed by atoms with Gasteiger partial charge in [-0.2, -0.15) is 5.26 Å². The molecule has 2 aromatic rings. The largest absolute Gasteiger partial charge is 0.387 e. The van der Waals surface area contributed by atoms with E-state index in [-0.39, 0.29) is 0 Å². The lowest BCUT2D eigenvalue weighted by molar-refractivity contribution is 0.109. The highest BCUT2D eigenvalue weighted by molar-refractivity contribution is 7.13. The van der Waals surface area contributed by atoms with E-state index in [1.54, 1.807) is 23.5 Å². The number of nitrogens with zero attached hydrogens (tertiary/aromatic N) is 4. The number of aromatic nitrogens is 1. The first kappa shape index (κ1) is 15.9. The van der Waals surface area contributed by atoms with Crippen molar-refractivity contribution in [2.75, 3.05) is 37.6 Å². The summed E-state index contributed by atoms with van der Waals surface area (Å²) in [5.41, 5.74) is 2.55. The molecule has 1 N–H and O–H groups in total. The number of aliphatic hydroxyl groups excluding tert-OH is 1. The molecule has 0 spiro atoms. The lowest BCUT2D eigenvalue weighted by Crippen LogP contribution is -2.47. The monoisotopic (exact) mass is 328 g/mol. The molecule has 1 unspecified atom stereocenters. The van der Waals surface area contributed by atoms with Gasteiger partial charge in [0.15, 0.2) is 5.13 Å². The third kappa shape index (κ3) is 3.88. The van der Waals surface area contributed by atoms with Crippen molar-refractivity contribution in [3.63, 3.8) is 0 Å². The Kier molecular flexibility index (Phi) is 4.91. The van der Waals surface area contributed by atoms with Crippen LogP contribution in [0.3, 0.4) is 0 Å². The van der Waals surface area contributed by atoms with Gasteiger partial charge in [-0.15, -0.1) is 11.3 Å². The first-order chi connectivity index (χ1) is 11.2. The Hall–Kier alpha value is -1.94. The Bertz CT molecular complexity index is 683. The highest BCUT2D eigenvalue weighted by atomic mass is 32.1. The molecular weight excluding hydrogens is 308 g/mol. The van der Waals surface area contributed by atoms with Crippen molar-refractivity contribution >= 4 is 16.5 Å². The molecule has 1 aliphatic rings. The van der Waals surface area contributed by atoms with Gasteiger partial charge in [0.2, 0.25) is 0 Å². The number of benzene rings is 1. The molecule has 3 rings (SSSR count). The molecule has 1 aliphatic heterocycles. The molecule has 5 nitrogen and oxygen atoms in total. The van der Waals surface area contributed by atoms with Gasteiger partial charge in [0, 0.05) is 38.1 Å². The first-order valence-corrected chi connectivity index (χ1v) is 8.61. The highest BCUT2D eigenvalue weighted by Gasteiger charge is 2.21. The van der Waals surface area contributed by atoms with Crippen LogP contribution in [0.1, 0.15) is 22.9 Å². The lowest BCUT2D eigenvalue weighted by Gasteiger charge is -2.35. The van der Waals surface area contributed by atoms with Crippen LogP contribution < -0.4 is 4.90 Å². The van der Waals surface area contributed by atoms with Gasteiger partial charge in [-0.3, -0.25) is 4.90 Å². The van der Waals surface area contributed by atoms with Gasteiger partial charge in [0.25, 0.3) is 0 Å². The third-order valence-electron chi connectivity index (χ3n) is 4.11. The SMILES string of the molecule is Cc1csc(N2CCN(CC(O)c3ccc(C#N)cc3)CC2)n1. The van der Waals surface area contributed by atoms with Gasteiger partial charge in [0.05, 0.1) is 23.4 Å². The van der Waals surface area contributed by atoms with E-state index in [1.165, 1.54) is 0 Å². The average Bonchev–Trinajstić information content (AvgIpc) is 3.02. The summed E-state index contributed by atoms with van der Waals surface area (Å²) in [4.78, 5) is 9.12. The number of nitriles is 1. The molecule has 23 heavy (non-hydrogen) atoms. The minimum atomic E-state index is -0.517. The Balaban J connectivity index is 1.52. The second-order valence-electron chi connectivity index (χ2n) is 5.81. The number of hydrogen-bond acceptors (Lipinski definition) is 6. The fourth-order valence-electron chi connectivity index (χ4n) is 2.74. The normalized spacial score (nSPS) is 17.0. The van der Waals surface area contributed by atoms with E-state index >= 15 is 0 Å². The smallest absolute Gasteiger partial charge is 0.185 e. The maximum absolute atomic E-state index is 10.4. The molecule has 0 aliphatic carbocycles. The van der Waals surface area contributed by atoms with E-state index in [2.05, 4.69) is 26.2 Å². The van der Waals surface area contributed by atoms with Crippen LogP contribution in [0.4, 0.5) is 5.13 Å². The maximum atomic E-state index is 10.4. The maximum Gasteiger partial charge on any atom is 0.185 e. The minimum absolute atomic E-state index is 0.517. The summed E-state index contributed by atoms with van der Waals surface area (Å²) in [7, 11) is 0. The van der Waals surface area contributed by atoms with Gasteiger partial charge in [-0.05, 0) is 24.6 Å². The number of hydrogen-bond donors (Lipinski definition) is 1. The van der Waals surface area contributed by atoms with Crippen molar-refractivity contribution in [3.05, 3.63) is 46.5 Å². The zero-order valence-electron chi connectivity index (χ0n) is 13.1. The topological polar surface area (TPSA) is 63.4 Å². The highest BCUT2D eigenvalue weighted by Crippen LogP contribution is 2.22. The molecule has 6 heteroatoms. The lowest BCUT2D eigenvalue weighted by atomic mass is 10.1. The summed E-state index contributed by atoms with van der Waals surface area (Å²) in [6, 6.07) is 9.26. The van der Waals surface area contributed by atoms with Crippen LogP contribution in [0.15, 0.2) is 29.6 Å². The molecule has 1 saturated heterocycles. The van der Waals surface area contributed by atoms with E-state index in [1.807, 2.05) is 19.1 Å². The fourth-order valence-corrected chi connectivity index (χ4v) is 3.60. The quantitative estimate of drug-likeness (QED) is 0.932. The van der Waals surface area contributed by atoms with Crippen LogP contribution in [0, 0.1) is 18.3 Å². The summed E-state index contributed by atoms with van der Waals surface area (Å²) in [6.45, 7) is 6.36. The van der Waals surface area contributed by atoms with Crippen molar-refractivity contribution < 1.29 is 5.11 Å². The first-order valence-electron chi connectivity index (χ1n) is 7.73. The van der Waals surface area contributed by atoms with Gasteiger partial charge >= 0.3 is 0 Å². The van der Waals surface area contributed by atoms with Crippen molar-refractivity contribution in [2.45, 2.75) is 13.0 Å². The van der Waals surface area contributed by atoms with Gasteiger partial charge < -0.3 is 10.0 Å². The predicted molar refractivity (Wildman–Crippen MR) is 91.6 cm³/mol. The summed E-state index contributed by atoms with van der Waals surface area (Å²) in [5, 5.41) is 22.4. The Morgan fingerprint density at radius 2 is 1.96 bits per heavy atom. The number of anilines is 1. The molecule has 120 valence electrons. The molecule has 1 aromatic carbocycles. The zero-order chi connectivity index (χ0) is 16.2. The van der Waals surface area contributed by atoms with Gasteiger partial charge in [-0.1, -0.05) is 12.1 Å². The fraction of sp³-hybridized carbons (Fsp3) is 0.412. The van der Waals surface area contributed by atoms with Crippen molar-refractivity contribution in [3.8, 4) is 6.07 Å². The van der Waals surface area contributed by atoms with Gasteiger partial charge in [-0.25, -0.2) is 4.98 Å². The molecule has 0 saturated carbocycles. The predicted octanol–water partition coefficient (Wildman–Crippen LogP) is 2.18. The zero-order valence-corrected chi connectivity index (χ0v) is 14.0. The summed E-state index contributed by atoms with van der Waals surface area (Å²) < 4.78 is 0. The minimum Gasteiger partial charge on any atom is -0.387 e. The standard InChI is InChI=1S/C17H20N4OS/c1-13-12-23-17(19-13)21-8-6-20(7-9-21)11-16(22)15-4-2-14(10-18)3-5-15/h2-5,12,16,22H,6-9,11H2,1H3. The number of thiazole rings is 1. The molecule has 0 radical (unpaired) electrons. The second-order valence-corrected chi connectivity index (χ2v) is 6.65. The molecule has 2 heterocycles.